The summed E-state index contributed by atoms with van der Waals surface area (Å²) in [6.45, 7) is 15.1. The van der Waals surface area contributed by atoms with Gasteiger partial charge < -0.3 is 13.7 Å². The zero-order valence-electron chi connectivity index (χ0n) is 22.3. The summed E-state index contributed by atoms with van der Waals surface area (Å²) in [5.74, 6) is 4.15. The number of hydrogen-bond acceptors (Lipinski definition) is 6. The molecule has 0 N–H and O–H groups in total. The first-order valence-corrected chi connectivity index (χ1v) is 13.5. The average Bonchev–Trinajstić information content (AvgIpc) is 2.93. The molecule has 3 aliphatic heterocycles. The molecule has 0 radical (unpaired) electrons. The summed E-state index contributed by atoms with van der Waals surface area (Å²) in [5, 5.41) is 0. The lowest BCUT2D eigenvalue weighted by Crippen LogP contribution is -2.39. The van der Waals surface area contributed by atoms with Crippen LogP contribution in [0.3, 0.4) is 0 Å². The third kappa shape index (κ3) is 7.91. The number of hydrogen-bond donors (Lipinski definition) is 0. The highest BCUT2D eigenvalue weighted by Crippen LogP contribution is 2.40. The Morgan fingerprint density at radius 1 is 0.943 bits per heavy atom. The van der Waals surface area contributed by atoms with Crippen LogP contribution in [0, 0.1) is 12.3 Å². The first kappa shape index (κ1) is 29.1. The van der Waals surface area contributed by atoms with Crippen molar-refractivity contribution in [3.63, 3.8) is 0 Å². The fourth-order valence-electron chi connectivity index (χ4n) is 4.44. The Labute approximate surface area is 217 Å². The Hall–Kier alpha value is -2.17. The van der Waals surface area contributed by atoms with Gasteiger partial charge in [-0.15, -0.1) is 12.3 Å². The maximum absolute atomic E-state index is 5.98. The van der Waals surface area contributed by atoms with E-state index < -0.39 is 0 Å². The van der Waals surface area contributed by atoms with E-state index in [-0.39, 0.29) is 0 Å². The van der Waals surface area contributed by atoms with Crippen molar-refractivity contribution >= 4 is 12.2 Å². The van der Waals surface area contributed by atoms with E-state index in [4.69, 9.17) is 13.7 Å². The zero-order valence-corrected chi connectivity index (χ0v) is 23.1. The maximum Gasteiger partial charge on any atom is 0.146 e. The van der Waals surface area contributed by atoms with Crippen molar-refractivity contribution in [3.8, 4) is 23.8 Å². The molecule has 6 heteroatoms. The minimum absolute atomic E-state index is 0.469. The minimum Gasteiger partial charge on any atom is -0.497 e. The Morgan fingerprint density at radius 2 is 1.60 bits per heavy atom. The topological polar surface area (TPSA) is 34.2 Å². The van der Waals surface area contributed by atoms with Crippen LogP contribution in [0.1, 0.15) is 62.9 Å². The monoisotopic (exact) mass is 498 g/mol. The van der Waals surface area contributed by atoms with Crippen LogP contribution in [0.5, 0.6) is 11.5 Å². The molecule has 0 amide bonds. The van der Waals surface area contributed by atoms with Crippen LogP contribution >= 0.6 is 12.2 Å². The lowest BCUT2D eigenvalue weighted by molar-refractivity contribution is 0.0756. The molecular formula is C29H42N2O3S. The summed E-state index contributed by atoms with van der Waals surface area (Å²) in [4.78, 5) is 2.61. The van der Waals surface area contributed by atoms with Crippen LogP contribution in [0.25, 0.3) is 0 Å². The van der Waals surface area contributed by atoms with Crippen LogP contribution in [0.15, 0.2) is 36.4 Å². The molecule has 2 aromatic rings. The van der Waals surface area contributed by atoms with E-state index in [1.54, 1.807) is 14.0 Å². The smallest absolute Gasteiger partial charge is 0.146 e. The van der Waals surface area contributed by atoms with Crippen LogP contribution in [-0.4, -0.2) is 49.2 Å². The van der Waals surface area contributed by atoms with Crippen LogP contribution in [0.2, 0.25) is 0 Å². The van der Waals surface area contributed by atoms with E-state index in [0.29, 0.717) is 6.04 Å². The summed E-state index contributed by atoms with van der Waals surface area (Å²) in [6, 6.07) is 13.6. The van der Waals surface area contributed by atoms with Crippen molar-refractivity contribution < 1.29 is 13.7 Å². The van der Waals surface area contributed by atoms with Gasteiger partial charge in [0.2, 0.25) is 0 Å². The van der Waals surface area contributed by atoms with Crippen molar-refractivity contribution in [2.24, 2.45) is 0 Å². The number of ether oxygens (including phenoxy) is 2. The second-order valence-electron chi connectivity index (χ2n) is 7.92. The molecule has 1 unspecified atom stereocenters. The van der Waals surface area contributed by atoms with Crippen molar-refractivity contribution in [1.82, 2.24) is 9.21 Å². The molecule has 0 saturated carbocycles. The van der Waals surface area contributed by atoms with Gasteiger partial charge in [-0.05, 0) is 66.3 Å². The van der Waals surface area contributed by atoms with E-state index >= 15 is 0 Å². The summed E-state index contributed by atoms with van der Waals surface area (Å²) >= 11 is 1.45. The number of morpholine rings is 1. The summed E-state index contributed by atoms with van der Waals surface area (Å²) in [6.07, 6.45) is 6.74. The summed E-state index contributed by atoms with van der Waals surface area (Å²) in [5.41, 5.74) is 5.73. The SMILES string of the molecule is C#CC.CC.CC.COc1ccc2c(c1)CCN1Cc3cc(OSN4CCOCC4)ccc3CC21. The van der Waals surface area contributed by atoms with E-state index in [0.717, 1.165) is 63.7 Å². The normalized spacial score (nSPS) is 18.3. The molecule has 1 fully saturated rings. The maximum atomic E-state index is 5.98. The molecular weight excluding hydrogens is 456 g/mol. The molecule has 2 aromatic carbocycles. The van der Waals surface area contributed by atoms with Gasteiger partial charge in [-0.1, -0.05) is 39.8 Å². The molecule has 1 saturated heterocycles. The van der Waals surface area contributed by atoms with E-state index in [9.17, 15) is 0 Å². The van der Waals surface area contributed by atoms with Crippen LogP contribution < -0.4 is 8.92 Å². The highest BCUT2D eigenvalue weighted by Gasteiger charge is 2.32. The van der Waals surface area contributed by atoms with Crippen molar-refractivity contribution in [3.05, 3.63) is 58.7 Å². The molecule has 1 atom stereocenters. The third-order valence-corrected chi connectivity index (χ3v) is 6.83. The number of fused-ring (bicyclic) bond motifs is 4. The van der Waals surface area contributed by atoms with Crippen molar-refractivity contribution in [2.75, 3.05) is 40.0 Å². The molecule has 3 aliphatic rings. The number of terminal acetylenes is 1. The second-order valence-corrected chi connectivity index (χ2v) is 8.76. The largest absolute Gasteiger partial charge is 0.497 e. The lowest BCUT2D eigenvalue weighted by Gasteiger charge is -2.41. The van der Waals surface area contributed by atoms with Gasteiger partial charge in [0.1, 0.15) is 23.7 Å². The number of rotatable bonds is 4. The van der Waals surface area contributed by atoms with Gasteiger partial charge in [0, 0.05) is 32.2 Å². The molecule has 0 spiro atoms. The summed E-state index contributed by atoms with van der Waals surface area (Å²) < 4.78 is 19.0. The predicted octanol–water partition coefficient (Wildman–Crippen LogP) is 6.32. The Kier molecular flexibility index (Phi) is 13.1. The Bertz CT molecular complexity index is 938. The molecule has 5 rings (SSSR count). The van der Waals surface area contributed by atoms with Gasteiger partial charge in [-0.2, -0.15) is 0 Å². The van der Waals surface area contributed by atoms with Crippen LogP contribution in [-0.2, 0) is 24.1 Å². The number of methoxy groups -OCH3 is 1. The Morgan fingerprint density at radius 3 is 2.29 bits per heavy atom. The van der Waals surface area contributed by atoms with Crippen LogP contribution in [0.4, 0.5) is 0 Å². The first-order chi connectivity index (χ1) is 17.2. The standard InChI is InChI=1S/C22H26N2O3S.C3H4.2C2H6/c1-25-19-4-5-21-17(12-19)6-7-23-15-18-13-20(3-2-16(18)14-22(21)23)27-28-24-8-10-26-11-9-24;1-3-2;2*1-2/h2-5,12-13,22H,6-11,14-15H2,1H3;1H,2H3;2*1-2H3. The van der Waals surface area contributed by atoms with E-state index in [1.165, 1.54) is 34.5 Å². The third-order valence-electron chi connectivity index (χ3n) is 5.99. The summed E-state index contributed by atoms with van der Waals surface area (Å²) in [7, 11) is 1.74. The van der Waals surface area contributed by atoms with Gasteiger partial charge in [0.05, 0.1) is 20.3 Å². The Balaban J connectivity index is 0.000000563. The first-order valence-electron chi connectivity index (χ1n) is 12.8. The van der Waals surface area contributed by atoms with Gasteiger partial charge in [-0.3, -0.25) is 4.90 Å². The second kappa shape index (κ2) is 15.7. The quantitative estimate of drug-likeness (QED) is 0.279. The highest BCUT2D eigenvalue weighted by atomic mass is 32.2. The van der Waals surface area contributed by atoms with Gasteiger partial charge in [-0.25, -0.2) is 4.31 Å². The molecule has 0 bridgehead atoms. The molecule has 0 aliphatic carbocycles. The predicted molar refractivity (Wildman–Crippen MR) is 148 cm³/mol. The molecule has 35 heavy (non-hydrogen) atoms. The van der Waals surface area contributed by atoms with E-state index in [1.807, 2.05) is 27.7 Å². The minimum atomic E-state index is 0.469. The number of nitrogens with zero attached hydrogens (tertiary/aromatic N) is 2. The molecule has 192 valence electrons. The number of benzene rings is 2. The fourth-order valence-corrected chi connectivity index (χ4v) is 5.03. The van der Waals surface area contributed by atoms with Gasteiger partial charge in [0.15, 0.2) is 0 Å². The molecule has 5 nitrogen and oxygen atoms in total. The lowest BCUT2D eigenvalue weighted by atomic mass is 9.84. The van der Waals surface area contributed by atoms with Crippen molar-refractivity contribution in [2.45, 2.75) is 60.0 Å². The average molecular weight is 499 g/mol. The van der Waals surface area contributed by atoms with E-state index in [2.05, 4.69) is 57.9 Å². The van der Waals surface area contributed by atoms with Crippen molar-refractivity contribution in [1.29, 1.82) is 0 Å². The fraction of sp³-hybridized carbons (Fsp3) is 0.517. The zero-order chi connectivity index (χ0) is 25.6. The highest BCUT2D eigenvalue weighted by molar-refractivity contribution is 7.92. The van der Waals surface area contributed by atoms with Gasteiger partial charge in [0.25, 0.3) is 0 Å². The molecule has 3 heterocycles. The van der Waals surface area contributed by atoms with Gasteiger partial charge >= 0.3 is 0 Å². The molecule has 0 aromatic heterocycles.